The van der Waals surface area contributed by atoms with Crippen LogP contribution in [0.1, 0.15) is 65.0 Å². The highest BCUT2D eigenvalue weighted by Gasteiger charge is 2.37. The highest BCUT2D eigenvalue weighted by atomic mass is 19.4. The van der Waals surface area contributed by atoms with E-state index in [0.717, 1.165) is 50.5 Å². The topological polar surface area (TPSA) is 146 Å². The lowest BCUT2D eigenvalue weighted by molar-refractivity contribution is -0.141. The Balaban J connectivity index is 1.33. The minimum Gasteiger partial charge on any atom is -0.481 e. The fraction of sp³-hybridized carbons (Fsp3) is 0.568. The Hall–Kier alpha value is -4.57. The van der Waals surface area contributed by atoms with Crippen LogP contribution in [0, 0.1) is 5.41 Å². The Morgan fingerprint density at radius 1 is 1.06 bits per heavy atom. The van der Waals surface area contributed by atoms with Crippen LogP contribution in [0.5, 0.6) is 5.88 Å². The number of fused-ring (bicyclic) bond motifs is 1. The molecule has 16 heteroatoms. The van der Waals surface area contributed by atoms with Crippen molar-refractivity contribution in [1.82, 2.24) is 34.8 Å². The minimum absolute atomic E-state index is 0.0653. The molecule has 0 bridgehead atoms. The fourth-order valence-corrected chi connectivity index (χ4v) is 7.76. The minimum atomic E-state index is -4.68. The molecule has 0 unspecified atom stereocenters. The van der Waals surface area contributed by atoms with Crippen molar-refractivity contribution in [3.8, 4) is 28.7 Å². The monoisotopic (exact) mass is 739 g/mol. The van der Waals surface area contributed by atoms with Crippen molar-refractivity contribution in [1.29, 1.82) is 0 Å². The molecule has 53 heavy (non-hydrogen) atoms. The van der Waals surface area contributed by atoms with E-state index in [1.54, 1.807) is 32.5 Å². The molecule has 0 atom stereocenters. The first-order valence-corrected chi connectivity index (χ1v) is 18.1. The number of H-pyrrole nitrogens is 1. The van der Waals surface area contributed by atoms with Crippen LogP contribution < -0.4 is 14.5 Å². The predicted molar refractivity (Wildman–Crippen MR) is 195 cm³/mol. The van der Waals surface area contributed by atoms with E-state index < -0.39 is 17.8 Å². The molecule has 4 aromatic rings. The number of halogens is 3. The van der Waals surface area contributed by atoms with Gasteiger partial charge in [-0.05, 0) is 58.7 Å². The van der Waals surface area contributed by atoms with Crippen LogP contribution in [-0.4, -0.2) is 112 Å². The van der Waals surface area contributed by atoms with E-state index in [1.807, 2.05) is 7.05 Å². The summed E-state index contributed by atoms with van der Waals surface area (Å²) in [4.78, 5) is 43.7. The zero-order valence-corrected chi connectivity index (χ0v) is 31.0. The van der Waals surface area contributed by atoms with Gasteiger partial charge in [-0.3, -0.25) is 9.69 Å². The second-order valence-electron chi connectivity index (χ2n) is 14.8. The number of hydrogen-bond donors (Lipinski definition) is 2. The van der Waals surface area contributed by atoms with Gasteiger partial charge in [0.05, 0.1) is 37.0 Å². The number of pyridine rings is 2. The van der Waals surface area contributed by atoms with Gasteiger partial charge in [-0.15, -0.1) is 0 Å². The molecule has 13 nitrogen and oxygen atoms in total. The third kappa shape index (κ3) is 8.64. The van der Waals surface area contributed by atoms with E-state index in [9.17, 15) is 18.0 Å². The van der Waals surface area contributed by atoms with E-state index in [1.165, 1.54) is 6.07 Å². The van der Waals surface area contributed by atoms with E-state index >= 15 is 0 Å². The lowest BCUT2D eigenvalue weighted by Gasteiger charge is -2.47. The summed E-state index contributed by atoms with van der Waals surface area (Å²) in [6.45, 7) is 10.3. The molecule has 5 heterocycles. The van der Waals surface area contributed by atoms with Gasteiger partial charge in [-0.1, -0.05) is 12.8 Å². The number of piperazine rings is 1. The van der Waals surface area contributed by atoms with Crippen molar-refractivity contribution >= 4 is 28.6 Å². The quantitative estimate of drug-likeness (QED) is 0.150. The number of methoxy groups -OCH3 is 1. The first-order valence-electron chi connectivity index (χ1n) is 18.1. The fourth-order valence-electron chi connectivity index (χ4n) is 7.76. The first kappa shape index (κ1) is 38.2. The van der Waals surface area contributed by atoms with Crippen LogP contribution in [0.15, 0.2) is 30.6 Å². The molecule has 0 amide bonds. The van der Waals surface area contributed by atoms with Gasteiger partial charge in [0.2, 0.25) is 5.88 Å². The van der Waals surface area contributed by atoms with Crippen LogP contribution in [0.4, 0.5) is 24.7 Å². The molecule has 2 fully saturated rings. The number of hydrogen-bond acceptors (Lipinski definition) is 11. The van der Waals surface area contributed by atoms with Gasteiger partial charge in [0, 0.05) is 69.3 Å². The van der Waals surface area contributed by atoms with Gasteiger partial charge >= 0.3 is 12.1 Å². The third-order valence-corrected chi connectivity index (χ3v) is 10.3. The zero-order valence-electron chi connectivity index (χ0n) is 31.0. The van der Waals surface area contributed by atoms with Crippen LogP contribution in [0.3, 0.4) is 0 Å². The number of aromatic amines is 1. The highest BCUT2D eigenvalue weighted by molar-refractivity contribution is 5.91. The van der Waals surface area contributed by atoms with Crippen LogP contribution in [-0.2, 0) is 15.7 Å². The second kappa shape index (κ2) is 15.4. The zero-order chi connectivity index (χ0) is 38.0. The summed E-state index contributed by atoms with van der Waals surface area (Å²) in [6.07, 6.45) is 3.66. The molecule has 286 valence electrons. The maximum atomic E-state index is 14.0. The van der Waals surface area contributed by atoms with Gasteiger partial charge in [0.1, 0.15) is 22.7 Å². The molecule has 0 spiro atoms. The molecule has 1 saturated carbocycles. The average Bonchev–Trinajstić information content (AvgIpc) is 3.75. The predicted octanol–water partition coefficient (Wildman–Crippen LogP) is 6.30. The average molecular weight is 740 g/mol. The summed E-state index contributed by atoms with van der Waals surface area (Å²) < 4.78 is 53.0. The van der Waals surface area contributed by atoms with Crippen molar-refractivity contribution in [3.63, 3.8) is 0 Å². The maximum absolute atomic E-state index is 14.0. The SMILES string of the molecule is CCOc1cc(-c2cc(N(C)CC3(COC)CCCC3)c3[nH]c(-c4cnc(N5CCN(CCCC(=O)O)C(C)(C)C5)cn4)nc3n2)cc(C(F)(F)F)n1. The lowest BCUT2D eigenvalue weighted by atomic mass is 9.86. The Morgan fingerprint density at radius 3 is 2.47 bits per heavy atom. The van der Waals surface area contributed by atoms with Crippen LogP contribution >= 0.6 is 0 Å². The number of nitrogens with one attached hydrogen (secondary N) is 1. The molecule has 2 N–H and O–H groups in total. The number of imidazole rings is 1. The van der Waals surface area contributed by atoms with E-state index in [-0.39, 0.29) is 35.4 Å². The molecular weight excluding hydrogens is 691 g/mol. The smallest absolute Gasteiger partial charge is 0.433 e. The van der Waals surface area contributed by atoms with Gasteiger partial charge in [0.15, 0.2) is 11.5 Å². The van der Waals surface area contributed by atoms with E-state index in [0.29, 0.717) is 66.9 Å². The number of aromatic nitrogens is 6. The molecule has 1 saturated heterocycles. The summed E-state index contributed by atoms with van der Waals surface area (Å²) in [6, 6.07) is 4.23. The number of carbonyl (C=O) groups is 1. The molecule has 6 rings (SSSR count). The Kier molecular flexibility index (Phi) is 11.1. The number of carboxylic acid groups (broad SMARTS) is 1. The largest absolute Gasteiger partial charge is 0.481 e. The Bertz CT molecular complexity index is 1890. The molecule has 0 aromatic carbocycles. The third-order valence-electron chi connectivity index (χ3n) is 10.3. The molecule has 4 aromatic heterocycles. The second-order valence-corrected chi connectivity index (χ2v) is 14.8. The maximum Gasteiger partial charge on any atom is 0.433 e. The molecule has 1 aliphatic carbocycles. The lowest BCUT2D eigenvalue weighted by Crippen LogP contribution is -2.59. The van der Waals surface area contributed by atoms with Gasteiger partial charge < -0.3 is 29.4 Å². The number of nitrogens with zero attached hydrogens (tertiary/aromatic N) is 8. The van der Waals surface area contributed by atoms with Crippen molar-refractivity contribution in [2.45, 2.75) is 71.0 Å². The molecule has 1 aliphatic heterocycles. The summed E-state index contributed by atoms with van der Waals surface area (Å²) in [5.41, 5.74) is 1.33. The normalized spacial score (nSPS) is 17.4. The number of alkyl halides is 3. The van der Waals surface area contributed by atoms with Crippen molar-refractivity contribution < 1.29 is 32.5 Å². The van der Waals surface area contributed by atoms with Crippen LogP contribution in [0.25, 0.3) is 33.9 Å². The van der Waals surface area contributed by atoms with Crippen LogP contribution in [0.2, 0.25) is 0 Å². The number of ether oxygens (including phenoxy) is 2. The number of rotatable bonds is 14. The summed E-state index contributed by atoms with van der Waals surface area (Å²) in [5, 5.41) is 9.05. The number of carboxylic acids is 1. The standard InChI is InChI=1S/C37H48F3N9O4/c1-6-53-30-17-24(16-28(44-30)37(38,39)40)25-18-27(47(4)22-36(23-52-5)11-7-8-12-36)32-34(43-25)46-33(45-32)26-19-42-29(20-41-26)48-14-15-49(35(2,3)21-48)13-9-10-31(50)51/h16-20H,6-15,21-23H2,1-5H3,(H,50,51)(H,43,45,46). The van der Waals surface area contributed by atoms with Gasteiger partial charge in [-0.25, -0.2) is 24.9 Å². The van der Waals surface area contributed by atoms with Crippen molar-refractivity contribution in [2.75, 3.05) is 69.9 Å². The Labute approximate surface area is 307 Å². The number of anilines is 2. The van der Waals surface area contributed by atoms with Crippen molar-refractivity contribution in [3.05, 3.63) is 36.3 Å². The van der Waals surface area contributed by atoms with Crippen molar-refractivity contribution in [2.24, 2.45) is 5.41 Å². The summed E-state index contributed by atoms with van der Waals surface area (Å²) >= 11 is 0. The summed E-state index contributed by atoms with van der Waals surface area (Å²) in [7, 11) is 3.68. The number of aliphatic carboxylic acids is 1. The van der Waals surface area contributed by atoms with E-state index in [2.05, 4.69) is 38.5 Å². The van der Waals surface area contributed by atoms with E-state index in [4.69, 9.17) is 34.5 Å². The Morgan fingerprint density at radius 2 is 1.83 bits per heavy atom. The summed E-state index contributed by atoms with van der Waals surface area (Å²) in [5.74, 6) is 0.215. The van der Waals surface area contributed by atoms with Gasteiger partial charge in [-0.2, -0.15) is 13.2 Å². The van der Waals surface area contributed by atoms with Gasteiger partial charge in [0.25, 0.3) is 0 Å². The first-order chi connectivity index (χ1) is 25.2. The highest BCUT2D eigenvalue weighted by Crippen LogP contribution is 2.41. The molecular formula is C37H48F3N9O4. The molecule has 2 aliphatic rings. The molecule has 0 radical (unpaired) electrons.